The van der Waals surface area contributed by atoms with Gasteiger partial charge in [0.2, 0.25) is 0 Å². The molecule has 0 aliphatic heterocycles. The van der Waals surface area contributed by atoms with Gasteiger partial charge in [0.15, 0.2) is 0 Å². The second-order valence-corrected chi connectivity index (χ2v) is 10.9. The van der Waals surface area contributed by atoms with Gasteiger partial charge in [0.1, 0.15) is 11.6 Å². The lowest BCUT2D eigenvalue weighted by Gasteiger charge is -2.30. The van der Waals surface area contributed by atoms with E-state index in [1.54, 1.807) is 13.8 Å². The Hall–Kier alpha value is -2.86. The maximum absolute atomic E-state index is 11.8. The number of ether oxygens (including phenoxy) is 1. The number of amides is 1. The molecule has 2 fully saturated rings. The highest BCUT2D eigenvalue weighted by atomic mass is 16.6. The van der Waals surface area contributed by atoms with Crippen molar-refractivity contribution in [1.82, 2.24) is 10.6 Å². The molecule has 1 amide bonds. The molecule has 2 saturated carbocycles. The van der Waals surface area contributed by atoms with E-state index in [4.69, 9.17) is 9.84 Å². The third kappa shape index (κ3) is 9.51. The summed E-state index contributed by atoms with van der Waals surface area (Å²) in [5.41, 5.74) is 2.12. The Bertz CT molecular complexity index is 946. The predicted octanol–water partition coefficient (Wildman–Crippen LogP) is 7.03. The van der Waals surface area contributed by atoms with Crippen molar-refractivity contribution in [3.8, 4) is 11.1 Å². The molecule has 2 aliphatic carbocycles. The quantitative estimate of drug-likeness (QED) is 0.374. The largest absolute Gasteiger partial charge is 0.480 e. The number of benzene rings is 2. The van der Waals surface area contributed by atoms with Gasteiger partial charge < -0.3 is 20.5 Å². The van der Waals surface area contributed by atoms with Crippen LogP contribution >= 0.6 is 0 Å². The molecular formula is C31H44N2O4. The summed E-state index contributed by atoms with van der Waals surface area (Å²) in [6.07, 6.45) is 13.8. The van der Waals surface area contributed by atoms with Crippen LogP contribution in [0.25, 0.3) is 11.1 Å². The Morgan fingerprint density at radius 1 is 0.811 bits per heavy atom. The summed E-state index contributed by atoms with van der Waals surface area (Å²) in [6, 6.07) is 18.4. The molecule has 2 aromatic rings. The van der Waals surface area contributed by atoms with Crippen molar-refractivity contribution >= 4 is 12.1 Å². The third-order valence-corrected chi connectivity index (χ3v) is 7.42. The van der Waals surface area contributed by atoms with Gasteiger partial charge in [-0.2, -0.15) is 0 Å². The van der Waals surface area contributed by atoms with Crippen molar-refractivity contribution in [2.45, 2.75) is 109 Å². The van der Waals surface area contributed by atoms with E-state index in [-0.39, 0.29) is 0 Å². The number of hydrogen-bond acceptors (Lipinski definition) is 4. The summed E-state index contributed by atoms with van der Waals surface area (Å²) in [6.45, 7) is 4.90. The number of carbonyl (C=O) groups excluding carboxylic acids is 1. The summed E-state index contributed by atoms with van der Waals surface area (Å²) in [5, 5.41) is 15.0. The molecule has 0 radical (unpaired) electrons. The molecule has 202 valence electrons. The lowest BCUT2D eigenvalue weighted by Crippen LogP contribution is -2.41. The lowest BCUT2D eigenvalue weighted by atomic mass is 9.91. The number of hydrogen-bond donors (Lipinski definition) is 3. The monoisotopic (exact) mass is 508 g/mol. The topological polar surface area (TPSA) is 87.7 Å². The van der Waals surface area contributed by atoms with Gasteiger partial charge in [-0.15, -0.1) is 0 Å². The Morgan fingerprint density at radius 3 is 1.78 bits per heavy atom. The van der Waals surface area contributed by atoms with Gasteiger partial charge >= 0.3 is 12.1 Å². The molecule has 2 aliphatic rings. The van der Waals surface area contributed by atoms with Crippen LogP contribution in [0.4, 0.5) is 4.79 Å². The van der Waals surface area contributed by atoms with Crippen molar-refractivity contribution in [3.05, 3.63) is 60.2 Å². The summed E-state index contributed by atoms with van der Waals surface area (Å²) < 4.78 is 5.38. The number of carboxylic acids is 1. The SMILES string of the molecule is C1CCC(NC2CCCCC2)CC1.CC(NC(=O)OC(C)(C)c1ccc(-c2ccccc2)cc1)C(=O)O. The first-order valence-corrected chi connectivity index (χ1v) is 13.9. The average Bonchev–Trinajstić information content (AvgIpc) is 2.90. The zero-order valence-electron chi connectivity index (χ0n) is 22.7. The second-order valence-electron chi connectivity index (χ2n) is 10.9. The molecule has 4 rings (SSSR count). The van der Waals surface area contributed by atoms with Gasteiger partial charge in [0, 0.05) is 12.1 Å². The molecule has 0 heterocycles. The van der Waals surface area contributed by atoms with Crippen LogP contribution in [0.2, 0.25) is 0 Å². The average molecular weight is 509 g/mol. The van der Waals surface area contributed by atoms with Crippen LogP contribution in [0.5, 0.6) is 0 Å². The molecule has 37 heavy (non-hydrogen) atoms. The fourth-order valence-electron chi connectivity index (χ4n) is 5.13. The van der Waals surface area contributed by atoms with E-state index in [0.717, 1.165) is 28.8 Å². The number of nitrogens with one attached hydrogen (secondary N) is 2. The number of carboxylic acid groups (broad SMARTS) is 1. The van der Waals surface area contributed by atoms with E-state index >= 15 is 0 Å². The minimum absolute atomic E-state index is 0.762. The van der Waals surface area contributed by atoms with E-state index in [1.165, 1.54) is 71.1 Å². The van der Waals surface area contributed by atoms with Crippen molar-refractivity contribution < 1.29 is 19.4 Å². The normalized spacial score (nSPS) is 17.7. The number of aliphatic carboxylic acids is 1. The molecule has 1 unspecified atom stereocenters. The van der Waals surface area contributed by atoms with Crippen LogP contribution in [0, 0.1) is 0 Å². The second kappa shape index (κ2) is 14.2. The molecule has 2 aromatic carbocycles. The maximum atomic E-state index is 11.8. The van der Waals surface area contributed by atoms with Crippen LogP contribution in [0.1, 0.15) is 90.5 Å². The van der Waals surface area contributed by atoms with E-state index in [9.17, 15) is 9.59 Å². The molecule has 3 N–H and O–H groups in total. The van der Waals surface area contributed by atoms with Gasteiger partial charge in [-0.25, -0.2) is 4.79 Å². The van der Waals surface area contributed by atoms with Gasteiger partial charge in [-0.05, 0) is 63.1 Å². The van der Waals surface area contributed by atoms with Crippen molar-refractivity contribution in [3.63, 3.8) is 0 Å². The third-order valence-electron chi connectivity index (χ3n) is 7.42. The van der Waals surface area contributed by atoms with Crippen LogP contribution in [-0.4, -0.2) is 35.3 Å². The number of alkyl carbamates (subject to hydrolysis) is 1. The smallest absolute Gasteiger partial charge is 0.408 e. The maximum Gasteiger partial charge on any atom is 0.408 e. The highest BCUT2D eigenvalue weighted by molar-refractivity contribution is 5.79. The first-order valence-electron chi connectivity index (χ1n) is 13.9. The molecule has 0 spiro atoms. The van der Waals surface area contributed by atoms with Crippen molar-refractivity contribution in [2.24, 2.45) is 0 Å². The Morgan fingerprint density at radius 2 is 1.30 bits per heavy atom. The van der Waals surface area contributed by atoms with Crippen molar-refractivity contribution in [2.75, 3.05) is 0 Å². The van der Waals surface area contributed by atoms with Gasteiger partial charge in [-0.3, -0.25) is 4.79 Å². The van der Waals surface area contributed by atoms with Crippen LogP contribution in [0.3, 0.4) is 0 Å². The molecule has 0 bridgehead atoms. The van der Waals surface area contributed by atoms with E-state index in [1.807, 2.05) is 54.6 Å². The first kappa shape index (κ1) is 28.7. The van der Waals surface area contributed by atoms with Crippen molar-refractivity contribution in [1.29, 1.82) is 0 Å². The minimum atomic E-state index is -1.11. The summed E-state index contributed by atoms with van der Waals surface area (Å²) in [5.74, 6) is -1.11. The Balaban J connectivity index is 0.000000244. The van der Waals surface area contributed by atoms with E-state index in [0.29, 0.717) is 0 Å². The molecule has 6 heteroatoms. The molecule has 0 aromatic heterocycles. The fraction of sp³-hybridized carbons (Fsp3) is 0.548. The fourth-order valence-corrected chi connectivity index (χ4v) is 5.13. The zero-order chi connectivity index (χ0) is 26.7. The molecule has 0 saturated heterocycles. The van der Waals surface area contributed by atoms with Gasteiger partial charge in [0.05, 0.1) is 0 Å². The number of rotatable bonds is 7. The van der Waals surface area contributed by atoms with E-state index in [2.05, 4.69) is 10.6 Å². The molecule has 6 nitrogen and oxygen atoms in total. The minimum Gasteiger partial charge on any atom is -0.480 e. The van der Waals surface area contributed by atoms with Crippen LogP contribution in [-0.2, 0) is 15.1 Å². The Labute approximate surface area is 222 Å². The highest BCUT2D eigenvalue weighted by Gasteiger charge is 2.27. The number of carbonyl (C=O) groups is 2. The predicted molar refractivity (Wildman–Crippen MR) is 149 cm³/mol. The molecular weight excluding hydrogens is 464 g/mol. The highest BCUT2D eigenvalue weighted by Crippen LogP contribution is 2.28. The zero-order valence-corrected chi connectivity index (χ0v) is 22.7. The van der Waals surface area contributed by atoms with Crippen LogP contribution < -0.4 is 10.6 Å². The lowest BCUT2D eigenvalue weighted by molar-refractivity contribution is -0.139. The Kier molecular flexibility index (Phi) is 11.0. The van der Waals surface area contributed by atoms with E-state index < -0.39 is 23.7 Å². The van der Waals surface area contributed by atoms with Gasteiger partial charge in [-0.1, -0.05) is 93.1 Å². The first-order chi connectivity index (χ1) is 17.7. The molecule has 1 atom stereocenters. The summed E-state index contributed by atoms with van der Waals surface area (Å²) in [7, 11) is 0. The standard InChI is InChI=1S/C19H21NO4.C12H23N/c1-13(17(21)22)20-18(23)24-19(2,3)16-11-9-15(10-12-16)14-7-5-4-6-8-14;1-3-7-11(8-4-1)13-12-9-5-2-6-10-12/h4-13H,1-3H3,(H,20,23)(H,21,22);11-13H,1-10H2. The van der Waals surface area contributed by atoms with Crippen LogP contribution in [0.15, 0.2) is 54.6 Å². The summed E-state index contributed by atoms with van der Waals surface area (Å²) >= 11 is 0. The summed E-state index contributed by atoms with van der Waals surface area (Å²) in [4.78, 5) is 22.6. The van der Waals surface area contributed by atoms with Gasteiger partial charge in [0.25, 0.3) is 0 Å².